The van der Waals surface area contributed by atoms with Crippen molar-refractivity contribution in [3.8, 4) is 0 Å². The fourth-order valence-corrected chi connectivity index (χ4v) is 2.55. The van der Waals surface area contributed by atoms with Gasteiger partial charge in [0, 0.05) is 16.1 Å². The summed E-state index contributed by atoms with van der Waals surface area (Å²) in [4.78, 5) is 24.0. The molecule has 0 aliphatic heterocycles. The van der Waals surface area contributed by atoms with Gasteiger partial charge in [0.25, 0.3) is 5.91 Å². The lowest BCUT2D eigenvalue weighted by Crippen LogP contribution is -2.21. The lowest BCUT2D eigenvalue weighted by Gasteiger charge is -2.09. The van der Waals surface area contributed by atoms with Gasteiger partial charge in [-0.05, 0) is 55.3 Å². The van der Waals surface area contributed by atoms with Crippen LogP contribution in [0, 0.1) is 13.8 Å². The van der Waals surface area contributed by atoms with Crippen LogP contribution in [0.4, 0.5) is 5.69 Å². The number of aryl methyl sites for hydroxylation is 2. The van der Waals surface area contributed by atoms with Gasteiger partial charge in [-0.2, -0.15) is 0 Å². The molecule has 0 atom stereocenters. The number of hydrogen-bond donors (Lipinski definition) is 1. The van der Waals surface area contributed by atoms with Crippen LogP contribution in [0.2, 0.25) is 5.02 Å². The number of amides is 1. The molecule has 0 radical (unpaired) electrons. The van der Waals surface area contributed by atoms with E-state index in [0.29, 0.717) is 21.7 Å². The first-order valence-corrected chi connectivity index (χ1v) is 8.03. The van der Waals surface area contributed by atoms with Crippen LogP contribution in [-0.2, 0) is 9.53 Å². The number of hydrogen-bond acceptors (Lipinski definition) is 4. The number of rotatable bonds is 4. The van der Waals surface area contributed by atoms with Crippen LogP contribution in [0.3, 0.4) is 0 Å². The predicted molar refractivity (Wildman–Crippen MR) is 96.1 cm³/mol. The van der Waals surface area contributed by atoms with E-state index < -0.39 is 18.5 Å². The number of anilines is 1. The molecule has 0 aliphatic carbocycles. The Balaban J connectivity index is 1.62. The Morgan fingerprint density at radius 2 is 1.92 bits per heavy atom. The summed E-state index contributed by atoms with van der Waals surface area (Å²) in [6.45, 7) is 3.42. The van der Waals surface area contributed by atoms with Crippen molar-refractivity contribution in [3.63, 3.8) is 0 Å². The van der Waals surface area contributed by atoms with Gasteiger partial charge in [0.15, 0.2) is 6.61 Å². The zero-order valence-electron chi connectivity index (χ0n) is 13.8. The first kappa shape index (κ1) is 17.0. The quantitative estimate of drug-likeness (QED) is 0.698. The summed E-state index contributed by atoms with van der Waals surface area (Å²) in [5.74, 6) is -1.10. The van der Waals surface area contributed by atoms with Crippen molar-refractivity contribution >= 4 is 40.1 Å². The van der Waals surface area contributed by atoms with Crippen LogP contribution < -0.4 is 5.32 Å². The van der Waals surface area contributed by atoms with E-state index in [0.717, 1.165) is 11.1 Å². The van der Waals surface area contributed by atoms with Crippen molar-refractivity contribution in [1.29, 1.82) is 0 Å². The van der Waals surface area contributed by atoms with Gasteiger partial charge in [-0.25, -0.2) is 4.79 Å². The van der Waals surface area contributed by atoms with Crippen LogP contribution in [0.5, 0.6) is 0 Å². The van der Waals surface area contributed by atoms with E-state index >= 15 is 0 Å². The molecule has 1 amide bonds. The van der Waals surface area contributed by atoms with Gasteiger partial charge in [0.2, 0.25) is 5.76 Å². The second-order valence-electron chi connectivity index (χ2n) is 5.74. The molecule has 0 fully saturated rings. The normalized spacial score (nSPS) is 10.7. The standard InChI is InChI=1S/C19H16ClNO4/c1-11-3-4-12(2)15(7-11)21-18(22)10-24-19(23)17-9-13-8-14(20)5-6-16(13)25-17/h3-9H,10H2,1-2H3,(H,21,22). The number of fused-ring (bicyclic) bond motifs is 1. The van der Waals surface area contributed by atoms with Crippen molar-refractivity contribution in [1.82, 2.24) is 0 Å². The van der Waals surface area contributed by atoms with Crippen LogP contribution >= 0.6 is 11.6 Å². The first-order valence-electron chi connectivity index (χ1n) is 7.66. The number of carbonyl (C=O) groups is 2. The number of halogens is 1. The van der Waals surface area contributed by atoms with E-state index in [9.17, 15) is 9.59 Å². The van der Waals surface area contributed by atoms with E-state index in [4.69, 9.17) is 20.8 Å². The average Bonchev–Trinajstić information content (AvgIpc) is 2.99. The fraction of sp³-hybridized carbons (Fsp3) is 0.158. The Labute approximate surface area is 149 Å². The molecule has 0 spiro atoms. The highest BCUT2D eigenvalue weighted by atomic mass is 35.5. The minimum atomic E-state index is -0.705. The molecule has 0 unspecified atom stereocenters. The van der Waals surface area contributed by atoms with Gasteiger partial charge in [-0.1, -0.05) is 23.7 Å². The zero-order chi connectivity index (χ0) is 18.0. The molecule has 6 heteroatoms. The first-order chi connectivity index (χ1) is 11.9. The molecule has 0 saturated heterocycles. The van der Waals surface area contributed by atoms with Crippen molar-refractivity contribution in [2.75, 3.05) is 11.9 Å². The molecule has 1 aromatic heterocycles. The van der Waals surface area contributed by atoms with Gasteiger partial charge in [-0.15, -0.1) is 0 Å². The molecule has 1 N–H and O–H groups in total. The largest absolute Gasteiger partial charge is 0.450 e. The van der Waals surface area contributed by atoms with E-state index in [1.54, 1.807) is 18.2 Å². The van der Waals surface area contributed by atoms with Crippen LogP contribution in [-0.4, -0.2) is 18.5 Å². The van der Waals surface area contributed by atoms with E-state index in [2.05, 4.69) is 5.32 Å². The minimum absolute atomic E-state index is 0.0248. The summed E-state index contributed by atoms with van der Waals surface area (Å²) in [5.41, 5.74) is 3.17. The summed E-state index contributed by atoms with van der Waals surface area (Å²) >= 11 is 5.90. The topological polar surface area (TPSA) is 68.5 Å². The Bertz CT molecular complexity index is 961. The summed E-state index contributed by atoms with van der Waals surface area (Å²) in [7, 11) is 0. The Morgan fingerprint density at radius 1 is 1.12 bits per heavy atom. The minimum Gasteiger partial charge on any atom is -0.450 e. The zero-order valence-corrected chi connectivity index (χ0v) is 14.5. The van der Waals surface area contributed by atoms with E-state index in [1.165, 1.54) is 6.07 Å². The number of nitrogens with one attached hydrogen (secondary N) is 1. The molecule has 128 valence electrons. The van der Waals surface area contributed by atoms with Gasteiger partial charge in [0.1, 0.15) is 5.58 Å². The highest BCUT2D eigenvalue weighted by molar-refractivity contribution is 6.31. The molecule has 3 aromatic rings. The highest BCUT2D eigenvalue weighted by Gasteiger charge is 2.16. The number of ether oxygens (including phenoxy) is 1. The van der Waals surface area contributed by atoms with Crippen LogP contribution in [0.15, 0.2) is 46.9 Å². The van der Waals surface area contributed by atoms with Crippen molar-refractivity contribution in [3.05, 3.63) is 64.4 Å². The molecule has 0 bridgehead atoms. The van der Waals surface area contributed by atoms with Crippen LogP contribution in [0.1, 0.15) is 21.7 Å². The van der Waals surface area contributed by atoms with Gasteiger partial charge in [0.05, 0.1) is 0 Å². The maximum absolute atomic E-state index is 12.0. The number of esters is 1. The monoisotopic (exact) mass is 357 g/mol. The summed E-state index contributed by atoms with van der Waals surface area (Å²) in [5, 5.41) is 3.96. The number of furan rings is 1. The molecule has 1 heterocycles. The maximum Gasteiger partial charge on any atom is 0.374 e. The molecule has 2 aromatic carbocycles. The molecule has 25 heavy (non-hydrogen) atoms. The third-order valence-electron chi connectivity index (χ3n) is 3.68. The summed E-state index contributed by atoms with van der Waals surface area (Å²) in [6, 6.07) is 12.3. The fourth-order valence-electron chi connectivity index (χ4n) is 2.37. The molecule has 0 saturated carbocycles. The second kappa shape index (κ2) is 6.99. The average molecular weight is 358 g/mol. The lowest BCUT2D eigenvalue weighted by atomic mass is 10.1. The third kappa shape index (κ3) is 4.00. The predicted octanol–water partition coefficient (Wildman–Crippen LogP) is 4.50. The number of carbonyl (C=O) groups excluding carboxylic acids is 2. The SMILES string of the molecule is Cc1ccc(C)c(NC(=O)COC(=O)c2cc3cc(Cl)ccc3o2)c1. The van der Waals surface area contributed by atoms with E-state index in [1.807, 2.05) is 32.0 Å². The Hall–Kier alpha value is -2.79. The Kier molecular flexibility index (Phi) is 4.76. The van der Waals surface area contributed by atoms with Crippen molar-refractivity contribution < 1.29 is 18.7 Å². The molecular formula is C19H16ClNO4. The van der Waals surface area contributed by atoms with E-state index in [-0.39, 0.29) is 5.76 Å². The van der Waals surface area contributed by atoms with Crippen molar-refractivity contribution in [2.45, 2.75) is 13.8 Å². The highest BCUT2D eigenvalue weighted by Crippen LogP contribution is 2.23. The van der Waals surface area contributed by atoms with Gasteiger partial charge >= 0.3 is 5.97 Å². The molecule has 0 aliphatic rings. The lowest BCUT2D eigenvalue weighted by molar-refractivity contribution is -0.119. The summed E-state index contributed by atoms with van der Waals surface area (Å²) in [6.07, 6.45) is 0. The molecule has 3 rings (SSSR count). The van der Waals surface area contributed by atoms with Crippen molar-refractivity contribution in [2.24, 2.45) is 0 Å². The maximum atomic E-state index is 12.0. The smallest absolute Gasteiger partial charge is 0.374 e. The third-order valence-corrected chi connectivity index (χ3v) is 3.92. The molecular weight excluding hydrogens is 342 g/mol. The van der Waals surface area contributed by atoms with Crippen LogP contribution in [0.25, 0.3) is 11.0 Å². The van der Waals surface area contributed by atoms with Gasteiger partial charge < -0.3 is 14.5 Å². The Morgan fingerprint density at radius 3 is 2.72 bits per heavy atom. The molecule has 5 nitrogen and oxygen atoms in total. The second-order valence-corrected chi connectivity index (χ2v) is 6.17. The summed E-state index contributed by atoms with van der Waals surface area (Å²) < 4.78 is 10.4. The number of benzene rings is 2. The van der Waals surface area contributed by atoms with Gasteiger partial charge in [-0.3, -0.25) is 4.79 Å².